The number of nitrogens with zero attached hydrogens (tertiary/aromatic N) is 1. The normalized spacial score (nSPS) is 13.0. The first kappa shape index (κ1) is 18.7. The van der Waals surface area contributed by atoms with Crippen LogP contribution < -0.4 is 15.5 Å². The van der Waals surface area contributed by atoms with E-state index in [0.29, 0.717) is 15.6 Å². The van der Waals surface area contributed by atoms with Crippen molar-refractivity contribution in [1.82, 2.24) is 5.32 Å². The lowest BCUT2D eigenvalue weighted by molar-refractivity contribution is -0.115. The summed E-state index contributed by atoms with van der Waals surface area (Å²) in [5, 5.41) is 6.00. The highest BCUT2D eigenvalue weighted by Gasteiger charge is 2.17. The lowest BCUT2D eigenvalue weighted by Crippen LogP contribution is -2.32. The zero-order chi connectivity index (χ0) is 18.7. The summed E-state index contributed by atoms with van der Waals surface area (Å²) in [5.41, 5.74) is 2.76. The fourth-order valence-corrected chi connectivity index (χ4v) is 4.52. The third-order valence-corrected chi connectivity index (χ3v) is 5.88. The van der Waals surface area contributed by atoms with Crippen LogP contribution in [0.3, 0.4) is 0 Å². The molecule has 0 saturated heterocycles. The molecule has 26 heavy (non-hydrogen) atoms. The predicted octanol–water partition coefficient (Wildman–Crippen LogP) is 3.71. The van der Waals surface area contributed by atoms with Gasteiger partial charge in [-0.1, -0.05) is 11.6 Å². The molecule has 0 atom stereocenters. The van der Waals surface area contributed by atoms with E-state index < -0.39 is 0 Å². The fraction of sp³-hybridized carbons (Fsp3) is 0.368. The summed E-state index contributed by atoms with van der Waals surface area (Å²) in [6, 6.07) is 7.29. The summed E-state index contributed by atoms with van der Waals surface area (Å²) in [7, 11) is 3.80. The first-order chi connectivity index (χ1) is 12.4. The Kier molecular flexibility index (Phi) is 5.84. The topological polar surface area (TPSA) is 61.4 Å². The lowest BCUT2D eigenvalue weighted by Gasteiger charge is -2.15. The Morgan fingerprint density at radius 1 is 1.19 bits per heavy atom. The van der Waals surface area contributed by atoms with Crippen molar-refractivity contribution in [2.45, 2.75) is 25.7 Å². The first-order valence-electron chi connectivity index (χ1n) is 8.60. The Balaban J connectivity index is 1.54. The van der Waals surface area contributed by atoms with E-state index in [0.717, 1.165) is 18.5 Å². The van der Waals surface area contributed by atoms with E-state index in [1.54, 1.807) is 12.1 Å². The minimum atomic E-state index is -0.284. The molecule has 0 radical (unpaired) electrons. The van der Waals surface area contributed by atoms with E-state index in [1.165, 1.54) is 34.6 Å². The van der Waals surface area contributed by atoms with E-state index in [2.05, 4.69) is 10.6 Å². The smallest absolute Gasteiger partial charge is 0.261 e. The number of aryl methyl sites for hydroxylation is 2. The van der Waals surface area contributed by atoms with Crippen molar-refractivity contribution in [1.29, 1.82) is 0 Å². The average molecular weight is 392 g/mol. The maximum atomic E-state index is 12.3. The molecule has 1 heterocycles. The van der Waals surface area contributed by atoms with Crippen LogP contribution in [0.1, 0.15) is 33.0 Å². The Hall–Kier alpha value is -2.05. The van der Waals surface area contributed by atoms with Crippen LogP contribution in [0.25, 0.3) is 0 Å². The van der Waals surface area contributed by atoms with E-state index >= 15 is 0 Å². The minimum Gasteiger partial charge on any atom is -0.376 e. The van der Waals surface area contributed by atoms with Crippen LogP contribution in [-0.2, 0) is 17.6 Å². The SMILES string of the molecule is CN(C)c1ccc(NC(=O)CNC(=O)c2cc3c(s2)CCCC3)cc1Cl. The molecular formula is C19H22ClN3O2S. The van der Waals surface area contributed by atoms with Crippen molar-refractivity contribution < 1.29 is 9.59 Å². The van der Waals surface area contributed by atoms with Crippen molar-refractivity contribution in [2.24, 2.45) is 0 Å². The molecule has 1 aromatic heterocycles. The molecule has 7 heteroatoms. The maximum Gasteiger partial charge on any atom is 0.261 e. The quantitative estimate of drug-likeness (QED) is 0.816. The summed E-state index contributed by atoms with van der Waals surface area (Å²) in [5.74, 6) is -0.478. The van der Waals surface area contributed by atoms with Crippen LogP contribution in [0.5, 0.6) is 0 Å². The Morgan fingerprint density at radius 2 is 1.96 bits per heavy atom. The second-order valence-electron chi connectivity index (χ2n) is 6.56. The number of fused-ring (bicyclic) bond motifs is 1. The molecule has 0 bridgehead atoms. The molecule has 2 aromatic rings. The summed E-state index contributed by atoms with van der Waals surface area (Å²) in [6.45, 7) is -0.0749. The molecule has 1 aliphatic rings. The first-order valence-corrected chi connectivity index (χ1v) is 9.80. The van der Waals surface area contributed by atoms with Gasteiger partial charge in [0.1, 0.15) is 0 Å². The molecule has 0 spiro atoms. The minimum absolute atomic E-state index is 0.0749. The third kappa shape index (κ3) is 4.37. The Bertz CT molecular complexity index is 809. The van der Waals surface area contributed by atoms with Crippen LogP contribution in [0.15, 0.2) is 24.3 Å². The van der Waals surface area contributed by atoms with Gasteiger partial charge in [-0.3, -0.25) is 9.59 Å². The Morgan fingerprint density at radius 3 is 2.65 bits per heavy atom. The van der Waals surface area contributed by atoms with Crippen LogP contribution in [0.2, 0.25) is 5.02 Å². The van der Waals surface area contributed by atoms with Gasteiger partial charge >= 0.3 is 0 Å². The van der Waals surface area contributed by atoms with Gasteiger partial charge in [-0.25, -0.2) is 0 Å². The maximum absolute atomic E-state index is 12.3. The van der Waals surface area contributed by atoms with E-state index in [1.807, 2.05) is 31.1 Å². The van der Waals surface area contributed by atoms with Crippen molar-refractivity contribution in [3.8, 4) is 0 Å². The van der Waals surface area contributed by atoms with Gasteiger partial charge < -0.3 is 15.5 Å². The van der Waals surface area contributed by atoms with E-state index in [-0.39, 0.29) is 18.4 Å². The zero-order valence-corrected chi connectivity index (χ0v) is 16.5. The summed E-state index contributed by atoms with van der Waals surface area (Å²) >= 11 is 7.74. The standard InChI is InChI=1S/C19H22ClN3O2S/c1-23(2)15-8-7-13(10-14(15)20)22-18(24)11-21-19(25)17-9-12-5-3-4-6-16(12)26-17/h7-10H,3-6,11H2,1-2H3,(H,21,25)(H,22,24). The van der Waals surface area contributed by atoms with Crippen molar-refractivity contribution in [2.75, 3.05) is 30.9 Å². The number of hydrogen-bond acceptors (Lipinski definition) is 4. The number of nitrogens with one attached hydrogen (secondary N) is 2. The van der Waals surface area contributed by atoms with Crippen LogP contribution in [-0.4, -0.2) is 32.5 Å². The van der Waals surface area contributed by atoms with Crippen molar-refractivity contribution >= 4 is 46.1 Å². The second-order valence-corrected chi connectivity index (χ2v) is 8.10. The molecular weight excluding hydrogens is 370 g/mol. The van der Waals surface area contributed by atoms with E-state index in [4.69, 9.17) is 11.6 Å². The predicted molar refractivity (Wildman–Crippen MR) is 108 cm³/mol. The zero-order valence-electron chi connectivity index (χ0n) is 14.9. The third-order valence-electron chi connectivity index (χ3n) is 4.34. The number of halogens is 1. The van der Waals surface area contributed by atoms with Crippen molar-refractivity contribution in [3.05, 3.63) is 44.6 Å². The lowest BCUT2D eigenvalue weighted by atomic mass is 9.99. The molecule has 5 nitrogen and oxygen atoms in total. The van der Waals surface area contributed by atoms with Crippen LogP contribution in [0, 0.1) is 0 Å². The highest BCUT2D eigenvalue weighted by Crippen LogP contribution is 2.29. The summed E-state index contributed by atoms with van der Waals surface area (Å²) < 4.78 is 0. The molecule has 0 unspecified atom stereocenters. The summed E-state index contributed by atoms with van der Waals surface area (Å²) in [4.78, 5) is 28.3. The van der Waals surface area contributed by atoms with Crippen molar-refractivity contribution in [3.63, 3.8) is 0 Å². The van der Waals surface area contributed by atoms with Gasteiger partial charge in [-0.05, 0) is 55.5 Å². The largest absolute Gasteiger partial charge is 0.376 e. The number of carbonyl (C=O) groups excluding carboxylic acids is 2. The molecule has 0 fully saturated rings. The van der Waals surface area contributed by atoms with Gasteiger partial charge in [0.15, 0.2) is 0 Å². The monoisotopic (exact) mass is 391 g/mol. The number of thiophene rings is 1. The number of benzene rings is 1. The van der Waals surface area contributed by atoms with Gasteiger partial charge in [0, 0.05) is 24.7 Å². The van der Waals surface area contributed by atoms with Gasteiger partial charge in [-0.2, -0.15) is 0 Å². The van der Waals surface area contributed by atoms with Gasteiger partial charge in [0.05, 0.1) is 22.1 Å². The second kappa shape index (κ2) is 8.10. The highest BCUT2D eigenvalue weighted by atomic mass is 35.5. The molecule has 1 aromatic carbocycles. The highest BCUT2D eigenvalue weighted by molar-refractivity contribution is 7.14. The number of amides is 2. The molecule has 2 N–H and O–H groups in total. The van der Waals surface area contributed by atoms with E-state index in [9.17, 15) is 9.59 Å². The molecule has 3 rings (SSSR count). The number of anilines is 2. The molecule has 2 amide bonds. The number of carbonyl (C=O) groups is 2. The average Bonchev–Trinajstić information content (AvgIpc) is 3.03. The van der Waals surface area contributed by atoms with Gasteiger partial charge in [-0.15, -0.1) is 11.3 Å². The van der Waals surface area contributed by atoms with Crippen LogP contribution >= 0.6 is 22.9 Å². The molecule has 0 saturated carbocycles. The number of hydrogen-bond donors (Lipinski definition) is 2. The number of rotatable bonds is 5. The molecule has 138 valence electrons. The molecule has 1 aliphatic carbocycles. The molecule has 0 aliphatic heterocycles. The van der Waals surface area contributed by atoms with Gasteiger partial charge in [0.2, 0.25) is 5.91 Å². The van der Waals surface area contributed by atoms with Gasteiger partial charge in [0.25, 0.3) is 5.91 Å². The fourth-order valence-electron chi connectivity index (χ4n) is 3.00. The Labute approximate surface area is 162 Å². The summed E-state index contributed by atoms with van der Waals surface area (Å²) in [6.07, 6.45) is 4.47. The van der Waals surface area contributed by atoms with Crippen LogP contribution in [0.4, 0.5) is 11.4 Å².